The van der Waals surface area contributed by atoms with Crippen LogP contribution in [0.15, 0.2) is 22.3 Å². The maximum Gasteiger partial charge on any atom is -0.00450 e. The summed E-state index contributed by atoms with van der Waals surface area (Å²) in [5.41, 5.74) is 0. The summed E-state index contributed by atoms with van der Waals surface area (Å²) in [6.07, 6.45) is 6.29. The van der Waals surface area contributed by atoms with Gasteiger partial charge in [-0.1, -0.05) is 19.1 Å². The third-order valence-corrected chi connectivity index (χ3v) is 1.65. The maximum absolute atomic E-state index is 3.64. The van der Waals surface area contributed by atoms with Crippen LogP contribution in [0.4, 0.5) is 0 Å². The highest BCUT2D eigenvalue weighted by Gasteiger charge is 1.81. The molecule has 0 aliphatic carbocycles. The topological polar surface area (TPSA) is 0 Å². The normalized spacial score (nSPS) is 11.5. The molecular weight excluding hydrogens is 211 g/mol. The van der Waals surface area contributed by atoms with E-state index in [2.05, 4.69) is 42.2 Å². The molecule has 0 bridgehead atoms. The van der Waals surface area contributed by atoms with Gasteiger partial charge in [0.2, 0.25) is 0 Å². The number of allylic oxidation sites excluding steroid dienone is 3. The van der Waals surface area contributed by atoms with Crippen LogP contribution in [0.3, 0.4) is 0 Å². The van der Waals surface area contributed by atoms with Crippen molar-refractivity contribution in [2.45, 2.75) is 19.8 Å². The fraction of sp³-hybridized carbons (Fsp3) is 0.429. The van der Waals surface area contributed by atoms with Crippen LogP contribution >= 0.6 is 22.6 Å². The van der Waals surface area contributed by atoms with Gasteiger partial charge in [0.25, 0.3) is 0 Å². The smallest absolute Gasteiger partial charge is 0.00450 e. The van der Waals surface area contributed by atoms with Crippen molar-refractivity contribution in [3.05, 3.63) is 22.3 Å². The molecule has 0 nitrogen and oxygen atoms in total. The Kier molecular flexibility index (Phi) is 5.49. The third-order valence-electron chi connectivity index (χ3n) is 0.765. The van der Waals surface area contributed by atoms with Crippen LogP contribution in [0.1, 0.15) is 19.8 Å². The Labute approximate surface area is 64.8 Å². The average molecular weight is 222 g/mol. The van der Waals surface area contributed by atoms with Crippen LogP contribution in [0, 0.1) is 0 Å². The summed E-state index contributed by atoms with van der Waals surface area (Å²) in [5, 5.41) is 0. The van der Waals surface area contributed by atoms with Gasteiger partial charge in [-0.3, -0.25) is 0 Å². The molecule has 0 fully saturated rings. The first-order valence-electron chi connectivity index (χ1n) is 2.76. The van der Waals surface area contributed by atoms with Crippen LogP contribution in [0.2, 0.25) is 0 Å². The first-order valence-corrected chi connectivity index (χ1v) is 3.84. The van der Waals surface area contributed by atoms with Crippen molar-refractivity contribution < 1.29 is 0 Å². The molecule has 0 unspecified atom stereocenters. The molecule has 0 rings (SSSR count). The molecule has 0 aliphatic heterocycles. The first-order chi connectivity index (χ1) is 3.81. The van der Waals surface area contributed by atoms with Gasteiger partial charge < -0.3 is 0 Å². The van der Waals surface area contributed by atoms with Gasteiger partial charge in [0.15, 0.2) is 0 Å². The zero-order valence-corrected chi connectivity index (χ0v) is 7.31. The van der Waals surface area contributed by atoms with Crippen molar-refractivity contribution in [2.24, 2.45) is 0 Å². The maximum atomic E-state index is 3.64. The van der Waals surface area contributed by atoms with Crippen molar-refractivity contribution in [1.82, 2.24) is 0 Å². The summed E-state index contributed by atoms with van der Waals surface area (Å²) >= 11 is 2.33. The number of hydrogen-bond donors (Lipinski definition) is 0. The second kappa shape index (κ2) is 5.35. The minimum Gasteiger partial charge on any atom is -0.103 e. The van der Waals surface area contributed by atoms with Crippen molar-refractivity contribution in [2.75, 3.05) is 0 Å². The quantitative estimate of drug-likeness (QED) is 0.507. The van der Waals surface area contributed by atoms with Crippen LogP contribution < -0.4 is 0 Å². The predicted molar refractivity (Wildman–Crippen MR) is 47.2 cm³/mol. The van der Waals surface area contributed by atoms with Crippen LogP contribution in [0.25, 0.3) is 0 Å². The zero-order chi connectivity index (χ0) is 6.41. The third kappa shape index (κ3) is 4.37. The number of rotatable bonds is 3. The molecule has 0 aromatic heterocycles. The van der Waals surface area contributed by atoms with E-state index < -0.39 is 0 Å². The highest BCUT2D eigenvalue weighted by molar-refractivity contribution is 14.1. The van der Waals surface area contributed by atoms with E-state index in [1.54, 1.807) is 0 Å². The molecule has 0 spiro atoms. The van der Waals surface area contributed by atoms with Gasteiger partial charge in [-0.15, -0.1) is 6.58 Å². The van der Waals surface area contributed by atoms with Crippen molar-refractivity contribution in [3.63, 3.8) is 0 Å². The van der Waals surface area contributed by atoms with E-state index in [0.29, 0.717) is 0 Å². The molecule has 0 atom stereocenters. The molecular formula is C7H11I. The Morgan fingerprint density at radius 2 is 2.38 bits per heavy atom. The van der Waals surface area contributed by atoms with Gasteiger partial charge in [-0.05, 0) is 39.0 Å². The molecule has 8 heavy (non-hydrogen) atoms. The molecule has 0 saturated carbocycles. The molecule has 0 amide bonds. The SMILES string of the molecule is C=CCC(I)=CCC. The van der Waals surface area contributed by atoms with E-state index >= 15 is 0 Å². The summed E-state index contributed by atoms with van der Waals surface area (Å²) in [7, 11) is 0. The van der Waals surface area contributed by atoms with Gasteiger partial charge in [0.1, 0.15) is 0 Å². The van der Waals surface area contributed by atoms with Crippen LogP contribution in [-0.4, -0.2) is 0 Å². The molecule has 0 aromatic carbocycles. The van der Waals surface area contributed by atoms with Crippen LogP contribution in [-0.2, 0) is 0 Å². The Balaban J connectivity index is 3.44. The lowest BCUT2D eigenvalue weighted by atomic mass is 10.3. The fourth-order valence-corrected chi connectivity index (χ4v) is 1.19. The van der Waals surface area contributed by atoms with Crippen molar-refractivity contribution in [3.8, 4) is 0 Å². The van der Waals surface area contributed by atoms with E-state index in [-0.39, 0.29) is 0 Å². The Morgan fingerprint density at radius 3 is 2.75 bits per heavy atom. The van der Waals surface area contributed by atoms with Crippen LogP contribution in [0.5, 0.6) is 0 Å². The summed E-state index contributed by atoms with van der Waals surface area (Å²) in [6.45, 7) is 5.78. The van der Waals surface area contributed by atoms with Gasteiger partial charge >= 0.3 is 0 Å². The number of halogens is 1. The lowest BCUT2D eigenvalue weighted by Crippen LogP contribution is -1.64. The highest BCUT2D eigenvalue weighted by Crippen LogP contribution is 2.11. The molecule has 0 saturated heterocycles. The second-order valence-corrected chi connectivity index (χ2v) is 2.94. The lowest BCUT2D eigenvalue weighted by molar-refractivity contribution is 1.20. The first kappa shape index (κ1) is 8.21. The zero-order valence-electron chi connectivity index (χ0n) is 5.15. The monoisotopic (exact) mass is 222 g/mol. The van der Waals surface area contributed by atoms with E-state index in [9.17, 15) is 0 Å². The summed E-state index contributed by atoms with van der Waals surface area (Å²) in [6, 6.07) is 0. The molecule has 1 heteroatoms. The minimum atomic E-state index is 1.02. The van der Waals surface area contributed by atoms with Gasteiger partial charge in [0, 0.05) is 0 Å². The molecule has 0 radical (unpaired) electrons. The molecule has 0 aliphatic rings. The Bertz CT molecular complexity index is 92.6. The Hall–Kier alpha value is 0.210. The molecule has 0 N–H and O–H groups in total. The van der Waals surface area contributed by atoms with Crippen molar-refractivity contribution in [1.29, 1.82) is 0 Å². The Morgan fingerprint density at radius 1 is 1.75 bits per heavy atom. The largest absolute Gasteiger partial charge is 0.103 e. The fourth-order valence-electron chi connectivity index (χ4n) is 0.443. The molecule has 0 aromatic rings. The van der Waals surface area contributed by atoms with E-state index in [4.69, 9.17) is 0 Å². The summed E-state index contributed by atoms with van der Waals surface area (Å²) in [4.78, 5) is 0. The minimum absolute atomic E-state index is 1.02. The number of hydrogen-bond acceptors (Lipinski definition) is 0. The lowest BCUT2D eigenvalue weighted by Gasteiger charge is -1.87. The standard InChI is InChI=1S/C7H11I/c1-3-5-7(8)6-4-2/h3,6H,1,4-5H2,2H3. The van der Waals surface area contributed by atoms with Gasteiger partial charge in [-0.25, -0.2) is 0 Å². The van der Waals surface area contributed by atoms with E-state index in [1.165, 1.54) is 3.58 Å². The van der Waals surface area contributed by atoms with Gasteiger partial charge in [-0.2, -0.15) is 0 Å². The predicted octanol–water partition coefficient (Wildman–Crippen LogP) is 3.29. The highest BCUT2D eigenvalue weighted by atomic mass is 127. The molecule has 0 heterocycles. The molecule has 46 valence electrons. The van der Waals surface area contributed by atoms with Gasteiger partial charge in [0.05, 0.1) is 0 Å². The summed E-state index contributed by atoms with van der Waals surface area (Å²) < 4.78 is 1.39. The van der Waals surface area contributed by atoms with E-state index in [0.717, 1.165) is 12.8 Å². The van der Waals surface area contributed by atoms with Crippen molar-refractivity contribution >= 4 is 22.6 Å². The summed E-state index contributed by atoms with van der Waals surface area (Å²) in [5.74, 6) is 0. The average Bonchev–Trinajstić information content (AvgIpc) is 1.68. The second-order valence-electron chi connectivity index (χ2n) is 1.55. The van der Waals surface area contributed by atoms with E-state index in [1.807, 2.05) is 6.08 Å².